The fraction of sp³-hybridized carbons (Fsp3) is 0.875. The van der Waals surface area contributed by atoms with Crippen LogP contribution >= 0.6 is 0 Å². The molecule has 0 N–H and O–H groups in total. The number of hydrogen-bond acceptors (Lipinski definition) is 4. The summed E-state index contributed by atoms with van der Waals surface area (Å²) >= 11 is 0. The van der Waals surface area contributed by atoms with Crippen molar-refractivity contribution in [2.45, 2.75) is 64.3 Å². The molecule has 0 heterocycles. The third kappa shape index (κ3) is 10.9. The fourth-order valence-corrected chi connectivity index (χ4v) is 4.10. The van der Waals surface area contributed by atoms with E-state index in [1.54, 1.807) is 27.6 Å². The molecule has 0 rings (SSSR count). The Morgan fingerprint density at radius 2 is 1.19 bits per heavy atom. The van der Waals surface area contributed by atoms with Crippen LogP contribution in [-0.4, -0.2) is 36.7 Å². The molecule has 0 fully saturated rings. The predicted octanol–water partition coefficient (Wildman–Crippen LogP) is 4.54. The van der Waals surface area contributed by atoms with E-state index in [2.05, 4.69) is 0 Å². The van der Waals surface area contributed by atoms with Crippen LogP contribution in [0.4, 0.5) is 0 Å². The molecule has 0 unspecified atom stereocenters. The SMILES string of the molecule is CC=COCCCCCCCCCC[Si](OC)(OC)OC. The van der Waals surface area contributed by atoms with Gasteiger partial charge >= 0.3 is 8.80 Å². The Bertz CT molecular complexity index is 234. The van der Waals surface area contributed by atoms with Crippen molar-refractivity contribution >= 4 is 8.80 Å². The lowest BCUT2D eigenvalue weighted by Gasteiger charge is -2.24. The molecule has 0 bridgehead atoms. The second-order valence-electron chi connectivity index (χ2n) is 5.21. The molecule has 0 saturated carbocycles. The summed E-state index contributed by atoms with van der Waals surface area (Å²) in [5, 5.41) is 0. The summed E-state index contributed by atoms with van der Waals surface area (Å²) in [5.74, 6) is 0. The normalized spacial score (nSPS) is 12.2. The first-order valence-corrected chi connectivity index (χ1v) is 10.1. The summed E-state index contributed by atoms with van der Waals surface area (Å²) in [6.45, 7) is 2.82. The highest BCUT2D eigenvalue weighted by atomic mass is 28.4. The number of allylic oxidation sites excluding steroid dienone is 1. The Labute approximate surface area is 132 Å². The lowest BCUT2D eigenvalue weighted by atomic mass is 10.1. The van der Waals surface area contributed by atoms with Crippen LogP contribution in [-0.2, 0) is 18.0 Å². The van der Waals surface area contributed by atoms with E-state index >= 15 is 0 Å². The van der Waals surface area contributed by atoms with Crippen LogP contribution < -0.4 is 0 Å². The van der Waals surface area contributed by atoms with E-state index < -0.39 is 8.80 Å². The first-order chi connectivity index (χ1) is 10.2. The van der Waals surface area contributed by atoms with Gasteiger partial charge in [-0.25, -0.2) is 0 Å². The second-order valence-corrected chi connectivity index (χ2v) is 8.30. The van der Waals surface area contributed by atoms with Crippen molar-refractivity contribution < 1.29 is 18.0 Å². The van der Waals surface area contributed by atoms with Crippen molar-refractivity contribution in [1.82, 2.24) is 0 Å². The molecular formula is C16H34O4Si. The van der Waals surface area contributed by atoms with Crippen molar-refractivity contribution in [3.05, 3.63) is 12.3 Å². The minimum atomic E-state index is -2.33. The van der Waals surface area contributed by atoms with Gasteiger partial charge < -0.3 is 18.0 Å². The molecule has 0 aromatic carbocycles. The molecule has 126 valence electrons. The van der Waals surface area contributed by atoms with Gasteiger partial charge in [-0.15, -0.1) is 0 Å². The Morgan fingerprint density at radius 3 is 1.67 bits per heavy atom. The first kappa shape index (κ1) is 20.6. The van der Waals surface area contributed by atoms with Crippen LogP contribution in [0.3, 0.4) is 0 Å². The molecule has 0 aliphatic heterocycles. The predicted molar refractivity (Wildman–Crippen MR) is 89.3 cm³/mol. The van der Waals surface area contributed by atoms with Crippen molar-refractivity contribution in [2.75, 3.05) is 27.9 Å². The molecule has 5 heteroatoms. The Morgan fingerprint density at radius 1 is 0.714 bits per heavy atom. The second kappa shape index (κ2) is 14.6. The zero-order chi connectivity index (χ0) is 15.8. The van der Waals surface area contributed by atoms with Crippen molar-refractivity contribution in [1.29, 1.82) is 0 Å². The van der Waals surface area contributed by atoms with Gasteiger partial charge in [-0.3, -0.25) is 0 Å². The molecule has 0 saturated heterocycles. The largest absolute Gasteiger partial charge is 0.502 e. The smallest absolute Gasteiger partial charge is 0.500 e. The molecule has 0 amide bonds. The zero-order valence-electron chi connectivity index (χ0n) is 14.4. The summed E-state index contributed by atoms with van der Waals surface area (Å²) in [5.41, 5.74) is 0. The Hall–Kier alpha value is -0.363. The maximum absolute atomic E-state index is 5.41. The quantitative estimate of drug-likeness (QED) is 0.252. The van der Waals surface area contributed by atoms with Crippen molar-refractivity contribution in [3.8, 4) is 0 Å². The van der Waals surface area contributed by atoms with Crippen molar-refractivity contribution in [2.24, 2.45) is 0 Å². The molecule has 0 aromatic heterocycles. The van der Waals surface area contributed by atoms with E-state index in [9.17, 15) is 0 Å². The molecule has 21 heavy (non-hydrogen) atoms. The third-order valence-corrected chi connectivity index (χ3v) is 6.49. The maximum atomic E-state index is 5.41. The van der Waals surface area contributed by atoms with Crippen LogP contribution in [0.1, 0.15) is 58.3 Å². The molecule has 0 aliphatic carbocycles. The number of unbranched alkanes of at least 4 members (excludes halogenated alkanes) is 7. The monoisotopic (exact) mass is 318 g/mol. The lowest BCUT2D eigenvalue weighted by Crippen LogP contribution is -2.42. The number of hydrogen-bond donors (Lipinski definition) is 0. The third-order valence-electron chi connectivity index (χ3n) is 3.66. The highest BCUT2D eigenvalue weighted by Gasteiger charge is 2.36. The maximum Gasteiger partial charge on any atom is 0.500 e. The van der Waals surface area contributed by atoms with Gasteiger partial charge in [-0.05, 0) is 19.8 Å². The van der Waals surface area contributed by atoms with Crippen molar-refractivity contribution in [3.63, 3.8) is 0 Å². The average Bonchev–Trinajstić information content (AvgIpc) is 2.53. The van der Waals surface area contributed by atoms with E-state index in [-0.39, 0.29) is 0 Å². The molecule has 0 radical (unpaired) electrons. The highest BCUT2D eigenvalue weighted by molar-refractivity contribution is 6.60. The van der Waals surface area contributed by atoms with E-state index in [0.717, 1.165) is 25.5 Å². The summed E-state index contributed by atoms with van der Waals surface area (Å²) < 4.78 is 21.5. The minimum Gasteiger partial charge on any atom is -0.502 e. The number of rotatable bonds is 15. The fourth-order valence-electron chi connectivity index (χ4n) is 2.31. The van der Waals surface area contributed by atoms with Gasteiger partial charge in [0.1, 0.15) is 0 Å². The molecule has 0 atom stereocenters. The Kier molecular flexibility index (Phi) is 14.3. The van der Waals surface area contributed by atoms with E-state index in [1.807, 2.05) is 13.0 Å². The van der Waals surface area contributed by atoms with Gasteiger partial charge in [0.25, 0.3) is 0 Å². The first-order valence-electron chi connectivity index (χ1n) is 8.13. The number of ether oxygens (including phenoxy) is 1. The van der Waals surface area contributed by atoms with Gasteiger partial charge in [0.05, 0.1) is 12.9 Å². The van der Waals surface area contributed by atoms with Gasteiger partial charge in [-0.1, -0.05) is 44.6 Å². The standard InChI is InChI=1S/C16H34O4Si/c1-5-14-20-15-12-10-8-6-7-9-11-13-16-21(17-2,18-3)19-4/h5,14H,6-13,15-16H2,1-4H3. The summed E-state index contributed by atoms with van der Waals surface area (Å²) in [7, 11) is 2.71. The topological polar surface area (TPSA) is 36.9 Å². The van der Waals surface area contributed by atoms with Gasteiger partial charge in [0.2, 0.25) is 0 Å². The summed E-state index contributed by atoms with van der Waals surface area (Å²) in [6, 6.07) is 0.915. The molecule has 4 nitrogen and oxygen atoms in total. The van der Waals surface area contributed by atoms with E-state index in [4.69, 9.17) is 18.0 Å². The molecule has 0 aromatic rings. The van der Waals surface area contributed by atoms with Crippen LogP contribution in [0.2, 0.25) is 6.04 Å². The van der Waals surface area contributed by atoms with Crippen LogP contribution in [0, 0.1) is 0 Å². The van der Waals surface area contributed by atoms with Crippen LogP contribution in [0.5, 0.6) is 0 Å². The molecular weight excluding hydrogens is 284 g/mol. The van der Waals surface area contributed by atoms with Crippen LogP contribution in [0.15, 0.2) is 12.3 Å². The Balaban J connectivity index is 3.32. The zero-order valence-corrected chi connectivity index (χ0v) is 15.4. The summed E-state index contributed by atoms with van der Waals surface area (Å²) in [6.07, 6.45) is 13.7. The van der Waals surface area contributed by atoms with E-state index in [1.165, 1.54) is 38.5 Å². The minimum absolute atomic E-state index is 0.849. The molecule has 0 aliphatic rings. The molecule has 0 spiro atoms. The lowest BCUT2D eigenvalue weighted by molar-refractivity contribution is 0.122. The average molecular weight is 319 g/mol. The van der Waals surface area contributed by atoms with Gasteiger partial charge in [0, 0.05) is 27.4 Å². The van der Waals surface area contributed by atoms with Gasteiger partial charge in [-0.2, -0.15) is 0 Å². The summed E-state index contributed by atoms with van der Waals surface area (Å²) in [4.78, 5) is 0. The van der Waals surface area contributed by atoms with Gasteiger partial charge in [0.15, 0.2) is 0 Å². The van der Waals surface area contributed by atoms with Crippen LogP contribution in [0.25, 0.3) is 0 Å². The van der Waals surface area contributed by atoms with E-state index in [0.29, 0.717) is 0 Å². The highest BCUT2D eigenvalue weighted by Crippen LogP contribution is 2.18.